The van der Waals surface area contributed by atoms with Gasteiger partial charge in [0, 0.05) is 47.0 Å². The number of rotatable bonds is 5. The predicted octanol–water partition coefficient (Wildman–Crippen LogP) is 2.96. The first-order valence-electron chi connectivity index (χ1n) is 8.95. The molecule has 4 rings (SSSR count). The van der Waals surface area contributed by atoms with Gasteiger partial charge in [-0.3, -0.25) is 4.79 Å². The Balaban J connectivity index is 1.36. The monoisotopic (exact) mass is 334 g/mol. The van der Waals surface area contributed by atoms with E-state index in [1.54, 1.807) is 11.3 Å². The molecule has 2 saturated carbocycles. The summed E-state index contributed by atoms with van der Waals surface area (Å²) in [6.07, 6.45) is 7.15. The lowest BCUT2D eigenvalue weighted by Gasteiger charge is -2.26. The number of thiophene rings is 1. The van der Waals surface area contributed by atoms with Gasteiger partial charge in [-0.05, 0) is 45.1 Å². The smallest absolute Gasteiger partial charge is 0.252 e. The number of carbonyl (C=O) groups is 1. The van der Waals surface area contributed by atoms with Crippen LogP contribution in [0.25, 0.3) is 0 Å². The van der Waals surface area contributed by atoms with Gasteiger partial charge in [-0.15, -0.1) is 11.3 Å². The molecule has 3 fully saturated rings. The molecule has 0 radical (unpaired) electrons. The Kier molecular flexibility index (Phi) is 4.43. The van der Waals surface area contributed by atoms with E-state index >= 15 is 0 Å². The second kappa shape index (κ2) is 6.54. The number of amides is 1. The second-order valence-electron chi connectivity index (χ2n) is 7.22. The van der Waals surface area contributed by atoms with E-state index in [0.717, 1.165) is 42.5 Å². The fourth-order valence-corrected chi connectivity index (χ4v) is 4.79. The topological polar surface area (TPSA) is 50.4 Å². The Hall–Kier alpha value is -0.910. The summed E-state index contributed by atoms with van der Waals surface area (Å²) < 4.78 is 5.36. The minimum atomic E-state index is 0.0982. The standard InChI is InChI=1S/C18H26N2O2S/c1-11-14(18(21)20-13-5-7-22-8-6-13)10-17(23-11)15-9-16(15)19-12-3-2-4-12/h10,12-13,15-16,19H,2-9H2,1H3,(H,20,21). The van der Waals surface area contributed by atoms with Crippen LogP contribution in [0.5, 0.6) is 0 Å². The number of hydrogen-bond donors (Lipinski definition) is 2. The molecule has 2 unspecified atom stereocenters. The van der Waals surface area contributed by atoms with E-state index in [1.165, 1.54) is 30.6 Å². The molecule has 2 heterocycles. The van der Waals surface area contributed by atoms with Crippen molar-refractivity contribution in [2.45, 2.75) is 69.5 Å². The minimum absolute atomic E-state index is 0.0982. The van der Waals surface area contributed by atoms with Crippen LogP contribution < -0.4 is 10.6 Å². The van der Waals surface area contributed by atoms with Crippen LogP contribution in [0.15, 0.2) is 6.07 Å². The van der Waals surface area contributed by atoms with Gasteiger partial charge in [-0.2, -0.15) is 0 Å². The molecule has 2 aliphatic carbocycles. The van der Waals surface area contributed by atoms with Crippen molar-refractivity contribution >= 4 is 17.2 Å². The van der Waals surface area contributed by atoms with E-state index in [2.05, 4.69) is 23.6 Å². The van der Waals surface area contributed by atoms with Crippen molar-refractivity contribution in [3.8, 4) is 0 Å². The van der Waals surface area contributed by atoms with Gasteiger partial charge >= 0.3 is 0 Å². The van der Waals surface area contributed by atoms with E-state index < -0.39 is 0 Å². The lowest BCUT2D eigenvalue weighted by molar-refractivity contribution is 0.0696. The molecular formula is C18H26N2O2S. The fourth-order valence-electron chi connectivity index (χ4n) is 3.59. The molecule has 1 aliphatic heterocycles. The third-order valence-corrected chi connectivity index (χ3v) is 6.63. The van der Waals surface area contributed by atoms with Crippen LogP contribution in [0, 0.1) is 6.92 Å². The van der Waals surface area contributed by atoms with Gasteiger partial charge in [0.2, 0.25) is 0 Å². The van der Waals surface area contributed by atoms with E-state index in [-0.39, 0.29) is 11.9 Å². The summed E-state index contributed by atoms with van der Waals surface area (Å²) in [5.41, 5.74) is 0.880. The van der Waals surface area contributed by atoms with Gasteiger partial charge in [0.15, 0.2) is 0 Å². The van der Waals surface area contributed by atoms with Crippen molar-refractivity contribution in [1.29, 1.82) is 0 Å². The normalized spacial score (nSPS) is 28.4. The Morgan fingerprint density at radius 3 is 2.70 bits per heavy atom. The average molecular weight is 334 g/mol. The zero-order chi connectivity index (χ0) is 15.8. The molecule has 0 bridgehead atoms. The van der Waals surface area contributed by atoms with Crippen molar-refractivity contribution in [2.24, 2.45) is 0 Å². The molecule has 2 atom stereocenters. The first-order chi connectivity index (χ1) is 11.2. The first-order valence-corrected chi connectivity index (χ1v) is 9.77. The molecule has 3 aliphatic rings. The third kappa shape index (κ3) is 3.47. The van der Waals surface area contributed by atoms with Crippen LogP contribution in [0.1, 0.15) is 64.6 Å². The summed E-state index contributed by atoms with van der Waals surface area (Å²) in [4.78, 5) is 15.1. The number of ether oxygens (including phenoxy) is 1. The highest BCUT2D eigenvalue weighted by atomic mass is 32.1. The molecule has 1 aromatic heterocycles. The third-order valence-electron chi connectivity index (χ3n) is 5.45. The van der Waals surface area contributed by atoms with Crippen LogP contribution in [0.2, 0.25) is 0 Å². The van der Waals surface area contributed by atoms with E-state index in [9.17, 15) is 4.79 Å². The Labute approximate surface area is 142 Å². The highest BCUT2D eigenvalue weighted by Crippen LogP contribution is 2.45. The molecule has 5 heteroatoms. The minimum Gasteiger partial charge on any atom is -0.381 e. The van der Waals surface area contributed by atoms with Crippen molar-refractivity contribution in [2.75, 3.05) is 13.2 Å². The van der Waals surface area contributed by atoms with Crippen molar-refractivity contribution < 1.29 is 9.53 Å². The maximum absolute atomic E-state index is 12.5. The Morgan fingerprint density at radius 1 is 1.22 bits per heavy atom. The summed E-state index contributed by atoms with van der Waals surface area (Å²) in [5, 5.41) is 6.94. The van der Waals surface area contributed by atoms with E-state index in [0.29, 0.717) is 12.0 Å². The first kappa shape index (κ1) is 15.6. The molecule has 23 heavy (non-hydrogen) atoms. The fraction of sp³-hybridized carbons (Fsp3) is 0.722. The molecule has 126 valence electrons. The molecule has 1 amide bonds. The zero-order valence-electron chi connectivity index (χ0n) is 13.8. The molecule has 4 nitrogen and oxygen atoms in total. The molecule has 0 aromatic carbocycles. The Bertz CT molecular complexity index is 576. The maximum Gasteiger partial charge on any atom is 0.252 e. The molecule has 0 spiro atoms. The summed E-state index contributed by atoms with van der Waals surface area (Å²) in [5.74, 6) is 0.727. The van der Waals surface area contributed by atoms with Gasteiger partial charge in [0.05, 0.1) is 5.56 Å². The Morgan fingerprint density at radius 2 is 2.00 bits per heavy atom. The molecule has 1 saturated heterocycles. The summed E-state index contributed by atoms with van der Waals surface area (Å²) >= 11 is 1.81. The van der Waals surface area contributed by atoms with Crippen LogP contribution in [0.4, 0.5) is 0 Å². The number of carbonyl (C=O) groups excluding carboxylic acids is 1. The summed E-state index contributed by atoms with van der Waals surface area (Å²) in [7, 11) is 0. The van der Waals surface area contributed by atoms with Gasteiger partial charge in [0.1, 0.15) is 0 Å². The molecule has 1 aromatic rings. The van der Waals surface area contributed by atoms with Gasteiger partial charge < -0.3 is 15.4 Å². The number of hydrogen-bond acceptors (Lipinski definition) is 4. The quantitative estimate of drug-likeness (QED) is 0.870. The SMILES string of the molecule is Cc1sc(C2CC2NC2CCC2)cc1C(=O)NC1CCOCC1. The summed E-state index contributed by atoms with van der Waals surface area (Å²) in [6, 6.07) is 3.81. The molecular weight excluding hydrogens is 308 g/mol. The van der Waals surface area contributed by atoms with E-state index in [1.807, 2.05) is 0 Å². The summed E-state index contributed by atoms with van der Waals surface area (Å²) in [6.45, 7) is 3.59. The zero-order valence-corrected chi connectivity index (χ0v) is 14.6. The van der Waals surface area contributed by atoms with Gasteiger partial charge in [-0.25, -0.2) is 0 Å². The number of aryl methyl sites for hydroxylation is 1. The van der Waals surface area contributed by atoms with E-state index in [4.69, 9.17) is 4.74 Å². The van der Waals surface area contributed by atoms with Crippen LogP contribution >= 0.6 is 11.3 Å². The average Bonchev–Trinajstić information content (AvgIpc) is 3.17. The highest BCUT2D eigenvalue weighted by molar-refractivity contribution is 7.12. The molecule has 2 N–H and O–H groups in total. The van der Waals surface area contributed by atoms with Crippen LogP contribution in [0.3, 0.4) is 0 Å². The largest absolute Gasteiger partial charge is 0.381 e. The lowest BCUT2D eigenvalue weighted by Crippen LogP contribution is -2.38. The predicted molar refractivity (Wildman–Crippen MR) is 92.3 cm³/mol. The highest BCUT2D eigenvalue weighted by Gasteiger charge is 2.41. The van der Waals surface area contributed by atoms with Crippen molar-refractivity contribution in [3.05, 3.63) is 21.4 Å². The number of nitrogens with one attached hydrogen (secondary N) is 2. The van der Waals surface area contributed by atoms with Crippen molar-refractivity contribution in [1.82, 2.24) is 10.6 Å². The second-order valence-corrected chi connectivity index (χ2v) is 8.51. The lowest BCUT2D eigenvalue weighted by atomic mass is 9.93. The van der Waals surface area contributed by atoms with Gasteiger partial charge in [0.25, 0.3) is 5.91 Å². The van der Waals surface area contributed by atoms with Crippen LogP contribution in [-0.2, 0) is 4.74 Å². The van der Waals surface area contributed by atoms with Gasteiger partial charge in [-0.1, -0.05) is 6.42 Å². The maximum atomic E-state index is 12.5. The van der Waals surface area contributed by atoms with Crippen molar-refractivity contribution in [3.63, 3.8) is 0 Å². The van der Waals surface area contributed by atoms with Crippen LogP contribution in [-0.4, -0.2) is 37.2 Å².